The Labute approximate surface area is 180 Å². The SMILES string of the molecule is COC(=O)c1nc(-c2ccc(Cl)c(C(=O)NCC3CCCCCC3)c2)ccc1Cl. The van der Waals surface area contributed by atoms with Crippen molar-refractivity contribution in [1.29, 1.82) is 0 Å². The number of carbonyl (C=O) groups is 2. The van der Waals surface area contributed by atoms with Crippen molar-refractivity contribution >= 4 is 35.1 Å². The number of hydrogen-bond donors (Lipinski definition) is 1. The molecule has 0 bridgehead atoms. The summed E-state index contributed by atoms with van der Waals surface area (Å²) in [6.45, 7) is 0.658. The molecule has 1 aromatic heterocycles. The van der Waals surface area contributed by atoms with Gasteiger partial charge in [-0.25, -0.2) is 9.78 Å². The van der Waals surface area contributed by atoms with Crippen molar-refractivity contribution < 1.29 is 14.3 Å². The Morgan fingerprint density at radius 3 is 2.45 bits per heavy atom. The summed E-state index contributed by atoms with van der Waals surface area (Å²) in [5, 5.41) is 3.60. The zero-order valence-electron chi connectivity index (χ0n) is 16.3. The number of halogens is 2. The summed E-state index contributed by atoms with van der Waals surface area (Å²) in [5.41, 5.74) is 1.58. The zero-order valence-corrected chi connectivity index (χ0v) is 17.9. The average molecular weight is 435 g/mol. The Balaban J connectivity index is 1.79. The number of nitrogens with one attached hydrogen (secondary N) is 1. The maximum absolute atomic E-state index is 12.7. The van der Waals surface area contributed by atoms with Crippen LogP contribution in [-0.4, -0.2) is 30.5 Å². The summed E-state index contributed by atoms with van der Waals surface area (Å²) < 4.78 is 4.72. The van der Waals surface area contributed by atoms with E-state index in [-0.39, 0.29) is 16.6 Å². The van der Waals surface area contributed by atoms with Crippen LogP contribution in [0.2, 0.25) is 10.0 Å². The quantitative estimate of drug-likeness (QED) is 0.495. The summed E-state index contributed by atoms with van der Waals surface area (Å²) in [6, 6.07) is 8.36. The van der Waals surface area contributed by atoms with Crippen molar-refractivity contribution in [3.05, 3.63) is 51.6 Å². The number of benzene rings is 1. The average Bonchev–Trinajstić information content (AvgIpc) is 3.01. The molecule has 1 amide bonds. The third-order valence-electron chi connectivity index (χ3n) is 5.26. The molecule has 0 radical (unpaired) electrons. The van der Waals surface area contributed by atoms with Gasteiger partial charge in [0.25, 0.3) is 5.91 Å². The molecule has 0 spiro atoms. The molecule has 0 unspecified atom stereocenters. The Morgan fingerprint density at radius 2 is 1.76 bits per heavy atom. The fourth-order valence-electron chi connectivity index (χ4n) is 3.60. The third kappa shape index (κ3) is 5.49. The highest BCUT2D eigenvalue weighted by Crippen LogP contribution is 2.27. The van der Waals surface area contributed by atoms with E-state index in [1.54, 1.807) is 30.3 Å². The minimum Gasteiger partial charge on any atom is -0.464 e. The molecule has 0 atom stereocenters. The van der Waals surface area contributed by atoms with Gasteiger partial charge in [-0.1, -0.05) is 55.0 Å². The van der Waals surface area contributed by atoms with Crippen LogP contribution in [0.3, 0.4) is 0 Å². The van der Waals surface area contributed by atoms with Crippen molar-refractivity contribution in [3.63, 3.8) is 0 Å². The first-order valence-corrected chi connectivity index (χ1v) is 10.6. The number of hydrogen-bond acceptors (Lipinski definition) is 4. The predicted octanol–water partition coefficient (Wildman–Crippen LogP) is 5.54. The van der Waals surface area contributed by atoms with Crippen molar-refractivity contribution in [2.75, 3.05) is 13.7 Å². The molecule has 7 heteroatoms. The molecule has 0 aliphatic heterocycles. The smallest absolute Gasteiger partial charge is 0.358 e. The van der Waals surface area contributed by atoms with Crippen molar-refractivity contribution in [2.24, 2.45) is 5.92 Å². The van der Waals surface area contributed by atoms with Gasteiger partial charge in [0.1, 0.15) is 0 Å². The second kappa shape index (κ2) is 10.1. The summed E-state index contributed by atoms with van der Waals surface area (Å²) in [6.07, 6.45) is 7.31. The van der Waals surface area contributed by atoms with Crippen molar-refractivity contribution in [3.8, 4) is 11.3 Å². The van der Waals surface area contributed by atoms with Gasteiger partial charge in [0.05, 0.1) is 28.4 Å². The molecule has 1 N–H and O–H groups in total. The number of pyridine rings is 1. The number of amides is 1. The van der Waals surface area contributed by atoms with E-state index in [1.165, 1.54) is 32.8 Å². The molecule has 1 aromatic carbocycles. The van der Waals surface area contributed by atoms with E-state index in [1.807, 2.05) is 0 Å². The Kier molecular flexibility index (Phi) is 7.51. The molecule has 1 aliphatic carbocycles. The van der Waals surface area contributed by atoms with Crippen molar-refractivity contribution in [2.45, 2.75) is 38.5 Å². The predicted molar refractivity (Wildman–Crippen MR) is 115 cm³/mol. The zero-order chi connectivity index (χ0) is 20.8. The highest BCUT2D eigenvalue weighted by molar-refractivity contribution is 6.34. The summed E-state index contributed by atoms with van der Waals surface area (Å²) in [4.78, 5) is 28.9. The van der Waals surface area contributed by atoms with Gasteiger partial charge in [-0.05, 0) is 43.0 Å². The van der Waals surface area contributed by atoms with Gasteiger partial charge in [-0.2, -0.15) is 0 Å². The van der Waals surface area contributed by atoms with Crippen molar-refractivity contribution in [1.82, 2.24) is 10.3 Å². The molecule has 29 heavy (non-hydrogen) atoms. The summed E-state index contributed by atoms with van der Waals surface area (Å²) >= 11 is 12.3. The molecule has 0 saturated heterocycles. The van der Waals surface area contributed by atoms with Gasteiger partial charge in [0.15, 0.2) is 5.69 Å². The largest absolute Gasteiger partial charge is 0.464 e. The number of methoxy groups -OCH3 is 1. The minimum atomic E-state index is -0.618. The van der Waals surface area contributed by atoms with Crippen LogP contribution in [0.15, 0.2) is 30.3 Å². The lowest BCUT2D eigenvalue weighted by Gasteiger charge is -2.15. The minimum absolute atomic E-state index is 0.0287. The number of aromatic nitrogens is 1. The van der Waals surface area contributed by atoms with Gasteiger partial charge in [0, 0.05) is 12.1 Å². The molecule has 1 fully saturated rings. The van der Waals surface area contributed by atoms with Gasteiger partial charge in [-0.15, -0.1) is 0 Å². The number of rotatable bonds is 5. The van der Waals surface area contributed by atoms with Crippen LogP contribution in [0.4, 0.5) is 0 Å². The normalized spacial score (nSPS) is 14.9. The molecule has 154 valence electrons. The first kappa shape index (κ1) is 21.6. The molecule has 3 rings (SSSR count). The summed E-state index contributed by atoms with van der Waals surface area (Å²) in [5.74, 6) is -0.306. The molecule has 5 nitrogen and oxygen atoms in total. The van der Waals surface area contributed by atoms with E-state index in [4.69, 9.17) is 27.9 Å². The number of esters is 1. The number of nitrogens with zero attached hydrogens (tertiary/aromatic N) is 1. The second-order valence-corrected chi connectivity index (χ2v) is 8.10. The lowest BCUT2D eigenvalue weighted by atomic mass is 10.00. The fourth-order valence-corrected chi connectivity index (χ4v) is 3.99. The second-order valence-electron chi connectivity index (χ2n) is 7.28. The van der Waals surface area contributed by atoms with Crippen LogP contribution < -0.4 is 5.32 Å². The van der Waals surface area contributed by atoms with Gasteiger partial charge in [-0.3, -0.25) is 4.79 Å². The lowest BCUT2D eigenvalue weighted by Crippen LogP contribution is -2.29. The highest BCUT2D eigenvalue weighted by Gasteiger charge is 2.18. The Bertz CT molecular complexity index is 894. The maximum Gasteiger partial charge on any atom is 0.358 e. The number of carbonyl (C=O) groups excluding carboxylic acids is 2. The van der Waals surface area contributed by atoms with Crippen LogP contribution in [-0.2, 0) is 4.74 Å². The van der Waals surface area contributed by atoms with E-state index in [2.05, 4.69) is 10.3 Å². The first-order valence-electron chi connectivity index (χ1n) is 9.82. The number of ether oxygens (including phenoxy) is 1. The third-order valence-corrected chi connectivity index (χ3v) is 5.89. The van der Waals surface area contributed by atoms with Gasteiger partial charge >= 0.3 is 5.97 Å². The molecule has 1 heterocycles. The van der Waals surface area contributed by atoms with E-state index in [0.717, 1.165) is 12.8 Å². The molecule has 1 aliphatic rings. The van der Waals surface area contributed by atoms with Crippen LogP contribution in [0.5, 0.6) is 0 Å². The van der Waals surface area contributed by atoms with Crippen LogP contribution in [0.25, 0.3) is 11.3 Å². The standard InChI is InChI=1S/C22H24Cl2N2O3/c1-29-22(28)20-18(24)10-11-19(26-20)15-8-9-17(23)16(12-15)21(27)25-13-14-6-4-2-3-5-7-14/h8-12,14H,2-7,13H2,1H3,(H,25,27). The molecular formula is C22H24Cl2N2O3. The van der Waals surface area contributed by atoms with E-state index in [9.17, 15) is 9.59 Å². The summed E-state index contributed by atoms with van der Waals surface area (Å²) in [7, 11) is 1.27. The van der Waals surface area contributed by atoms with Crippen LogP contribution in [0.1, 0.15) is 59.4 Å². The first-order chi connectivity index (χ1) is 14.0. The lowest BCUT2D eigenvalue weighted by molar-refractivity contribution is 0.0594. The maximum atomic E-state index is 12.7. The van der Waals surface area contributed by atoms with E-state index >= 15 is 0 Å². The van der Waals surface area contributed by atoms with E-state index in [0.29, 0.717) is 34.3 Å². The van der Waals surface area contributed by atoms with E-state index < -0.39 is 5.97 Å². The van der Waals surface area contributed by atoms with Gasteiger partial charge < -0.3 is 10.1 Å². The Morgan fingerprint density at radius 1 is 1.07 bits per heavy atom. The fraction of sp³-hybridized carbons (Fsp3) is 0.409. The molecule has 1 saturated carbocycles. The van der Waals surface area contributed by atoms with Crippen LogP contribution >= 0.6 is 23.2 Å². The molecule has 2 aromatic rings. The van der Waals surface area contributed by atoms with Gasteiger partial charge in [0.2, 0.25) is 0 Å². The van der Waals surface area contributed by atoms with Crippen LogP contribution in [0, 0.1) is 5.92 Å². The topological polar surface area (TPSA) is 68.3 Å². The molecular weight excluding hydrogens is 411 g/mol. The Hall–Kier alpha value is -2.11. The highest BCUT2D eigenvalue weighted by atomic mass is 35.5. The monoisotopic (exact) mass is 434 g/mol.